The summed E-state index contributed by atoms with van der Waals surface area (Å²) in [5.41, 5.74) is -0.146. The lowest BCUT2D eigenvalue weighted by atomic mass is 10.3. The Bertz CT molecular complexity index is 647. The third-order valence-electron chi connectivity index (χ3n) is 2.27. The number of carboxylic acids is 1. The van der Waals surface area contributed by atoms with Crippen molar-refractivity contribution >= 4 is 37.8 Å². The SMILES string of the molecule is COc1cc(Br)c(Oc2cnc(C(=O)O)cn2)cc1Br. The monoisotopic (exact) mass is 402 g/mol. The van der Waals surface area contributed by atoms with Crippen molar-refractivity contribution in [3.05, 3.63) is 39.2 Å². The minimum absolute atomic E-state index is 0.146. The number of aromatic nitrogens is 2. The van der Waals surface area contributed by atoms with Crippen LogP contribution in [-0.2, 0) is 0 Å². The van der Waals surface area contributed by atoms with E-state index in [1.54, 1.807) is 19.2 Å². The molecule has 0 saturated carbocycles. The van der Waals surface area contributed by atoms with Crippen LogP contribution in [0.25, 0.3) is 0 Å². The van der Waals surface area contributed by atoms with Crippen molar-refractivity contribution in [1.82, 2.24) is 9.97 Å². The quantitative estimate of drug-likeness (QED) is 0.841. The molecule has 0 aliphatic heterocycles. The summed E-state index contributed by atoms with van der Waals surface area (Å²) in [6.45, 7) is 0. The van der Waals surface area contributed by atoms with Gasteiger partial charge in [-0.1, -0.05) is 0 Å². The highest BCUT2D eigenvalue weighted by Gasteiger charge is 2.11. The average Bonchev–Trinajstić information content (AvgIpc) is 2.43. The van der Waals surface area contributed by atoms with E-state index in [-0.39, 0.29) is 11.6 Å². The molecule has 0 bridgehead atoms. The maximum Gasteiger partial charge on any atom is 0.356 e. The minimum Gasteiger partial charge on any atom is -0.496 e. The van der Waals surface area contributed by atoms with E-state index in [4.69, 9.17) is 14.6 Å². The van der Waals surface area contributed by atoms with E-state index in [1.807, 2.05) is 0 Å². The van der Waals surface area contributed by atoms with Gasteiger partial charge in [0.15, 0.2) is 5.69 Å². The van der Waals surface area contributed by atoms with Gasteiger partial charge in [0.05, 0.1) is 28.4 Å². The minimum atomic E-state index is -1.14. The molecule has 1 aromatic heterocycles. The summed E-state index contributed by atoms with van der Waals surface area (Å²) in [6.07, 6.45) is 2.37. The van der Waals surface area contributed by atoms with Crippen molar-refractivity contribution in [3.63, 3.8) is 0 Å². The van der Waals surface area contributed by atoms with E-state index in [1.165, 1.54) is 6.20 Å². The molecule has 6 nitrogen and oxygen atoms in total. The van der Waals surface area contributed by atoms with Gasteiger partial charge >= 0.3 is 5.97 Å². The van der Waals surface area contributed by atoms with Gasteiger partial charge in [0.1, 0.15) is 11.5 Å². The van der Waals surface area contributed by atoms with Crippen LogP contribution in [0.1, 0.15) is 10.5 Å². The molecule has 0 saturated heterocycles. The molecule has 2 rings (SSSR count). The number of nitrogens with zero attached hydrogens (tertiary/aromatic N) is 2. The van der Waals surface area contributed by atoms with Crippen LogP contribution in [0.5, 0.6) is 17.4 Å². The molecular weight excluding hydrogens is 396 g/mol. The first-order valence-corrected chi connectivity index (χ1v) is 6.86. The third-order valence-corrected chi connectivity index (χ3v) is 3.51. The van der Waals surface area contributed by atoms with Crippen LogP contribution in [0.15, 0.2) is 33.5 Å². The van der Waals surface area contributed by atoms with E-state index in [0.29, 0.717) is 20.4 Å². The predicted molar refractivity (Wildman–Crippen MR) is 77.5 cm³/mol. The van der Waals surface area contributed by atoms with E-state index in [9.17, 15) is 4.79 Å². The lowest BCUT2D eigenvalue weighted by molar-refractivity contribution is 0.0690. The van der Waals surface area contributed by atoms with Crippen molar-refractivity contribution in [2.24, 2.45) is 0 Å². The van der Waals surface area contributed by atoms with Gasteiger partial charge in [-0.15, -0.1) is 0 Å². The highest BCUT2D eigenvalue weighted by atomic mass is 79.9. The largest absolute Gasteiger partial charge is 0.496 e. The second-order valence-corrected chi connectivity index (χ2v) is 5.27. The molecule has 0 aliphatic rings. The van der Waals surface area contributed by atoms with Gasteiger partial charge < -0.3 is 14.6 Å². The summed E-state index contributed by atoms with van der Waals surface area (Å²) in [7, 11) is 1.56. The predicted octanol–water partition coefficient (Wildman–Crippen LogP) is 3.50. The first-order chi connectivity index (χ1) is 9.51. The number of aromatic carboxylic acids is 1. The van der Waals surface area contributed by atoms with Gasteiger partial charge in [-0.2, -0.15) is 0 Å². The van der Waals surface area contributed by atoms with Gasteiger partial charge in [0.2, 0.25) is 5.88 Å². The number of carboxylic acid groups (broad SMARTS) is 1. The Hall–Kier alpha value is -1.67. The van der Waals surface area contributed by atoms with Crippen molar-refractivity contribution in [2.75, 3.05) is 7.11 Å². The van der Waals surface area contributed by atoms with Crippen molar-refractivity contribution < 1.29 is 19.4 Å². The standard InChI is InChI=1S/C12H8Br2N2O4/c1-19-9-2-7(14)10(3-6(9)13)20-11-5-15-8(4-16-11)12(17)18/h2-5H,1H3,(H,17,18). The van der Waals surface area contributed by atoms with Crippen LogP contribution in [0.2, 0.25) is 0 Å². The van der Waals surface area contributed by atoms with Gasteiger partial charge in [-0.25, -0.2) is 14.8 Å². The Morgan fingerprint density at radius 3 is 2.35 bits per heavy atom. The first kappa shape index (κ1) is 14.7. The number of halogens is 2. The Morgan fingerprint density at radius 2 is 1.80 bits per heavy atom. The molecule has 0 amide bonds. The number of rotatable bonds is 4. The van der Waals surface area contributed by atoms with Crippen LogP contribution in [0.4, 0.5) is 0 Å². The van der Waals surface area contributed by atoms with Crippen molar-refractivity contribution in [3.8, 4) is 17.4 Å². The van der Waals surface area contributed by atoms with Crippen molar-refractivity contribution in [1.29, 1.82) is 0 Å². The summed E-state index contributed by atoms with van der Waals surface area (Å²) in [5, 5.41) is 8.73. The number of hydrogen-bond donors (Lipinski definition) is 1. The summed E-state index contributed by atoms with van der Waals surface area (Å²) >= 11 is 6.70. The Labute approximate surface area is 131 Å². The number of ether oxygens (including phenoxy) is 2. The third kappa shape index (κ3) is 3.26. The second-order valence-electron chi connectivity index (χ2n) is 3.56. The number of carbonyl (C=O) groups is 1. The smallest absolute Gasteiger partial charge is 0.356 e. The maximum absolute atomic E-state index is 10.7. The zero-order valence-electron chi connectivity index (χ0n) is 10.1. The number of methoxy groups -OCH3 is 1. The Balaban J connectivity index is 2.25. The molecule has 104 valence electrons. The van der Waals surface area contributed by atoms with E-state index < -0.39 is 5.97 Å². The molecule has 1 heterocycles. The molecule has 2 aromatic rings. The molecule has 0 radical (unpaired) electrons. The Morgan fingerprint density at radius 1 is 1.15 bits per heavy atom. The Kier molecular flexibility index (Phi) is 4.56. The molecule has 8 heteroatoms. The van der Waals surface area contributed by atoms with Crippen LogP contribution in [0.3, 0.4) is 0 Å². The molecule has 1 N–H and O–H groups in total. The zero-order valence-corrected chi connectivity index (χ0v) is 13.3. The first-order valence-electron chi connectivity index (χ1n) is 5.27. The van der Waals surface area contributed by atoms with Gasteiger partial charge in [-0.05, 0) is 44.0 Å². The molecule has 1 aromatic carbocycles. The normalized spacial score (nSPS) is 10.2. The lowest BCUT2D eigenvalue weighted by Gasteiger charge is -2.10. The van der Waals surface area contributed by atoms with Crippen molar-refractivity contribution in [2.45, 2.75) is 0 Å². The number of hydrogen-bond acceptors (Lipinski definition) is 5. The fourth-order valence-electron chi connectivity index (χ4n) is 1.34. The molecule has 0 aliphatic carbocycles. The number of benzene rings is 1. The molecular formula is C12H8Br2N2O4. The molecule has 0 atom stereocenters. The van der Waals surface area contributed by atoms with E-state index in [2.05, 4.69) is 41.8 Å². The van der Waals surface area contributed by atoms with Crippen LogP contribution < -0.4 is 9.47 Å². The molecule has 0 fully saturated rings. The molecule has 0 spiro atoms. The van der Waals surface area contributed by atoms with Crippen LogP contribution >= 0.6 is 31.9 Å². The fourth-order valence-corrected chi connectivity index (χ4v) is 2.22. The maximum atomic E-state index is 10.7. The van der Waals surface area contributed by atoms with Crippen LogP contribution in [-0.4, -0.2) is 28.2 Å². The van der Waals surface area contributed by atoms with Crippen LogP contribution in [0, 0.1) is 0 Å². The molecule has 0 unspecified atom stereocenters. The zero-order chi connectivity index (χ0) is 14.7. The van der Waals surface area contributed by atoms with Gasteiger partial charge in [-0.3, -0.25) is 0 Å². The summed E-state index contributed by atoms with van der Waals surface area (Å²) in [6, 6.07) is 3.44. The highest BCUT2D eigenvalue weighted by molar-refractivity contribution is 9.11. The van der Waals surface area contributed by atoms with Gasteiger partial charge in [0, 0.05) is 0 Å². The fraction of sp³-hybridized carbons (Fsp3) is 0.0833. The summed E-state index contributed by atoms with van der Waals surface area (Å²) < 4.78 is 12.1. The van der Waals surface area contributed by atoms with E-state index in [0.717, 1.165) is 6.20 Å². The lowest BCUT2D eigenvalue weighted by Crippen LogP contribution is -2.01. The molecule has 20 heavy (non-hydrogen) atoms. The second kappa shape index (κ2) is 6.19. The van der Waals surface area contributed by atoms with E-state index >= 15 is 0 Å². The van der Waals surface area contributed by atoms with Gasteiger partial charge in [0.25, 0.3) is 0 Å². The highest BCUT2D eigenvalue weighted by Crippen LogP contribution is 2.37. The summed E-state index contributed by atoms with van der Waals surface area (Å²) in [4.78, 5) is 18.3. The summed E-state index contributed by atoms with van der Waals surface area (Å²) in [5.74, 6) is 0.191. The topological polar surface area (TPSA) is 81.5 Å². The average molecular weight is 404 g/mol.